The second-order valence-corrected chi connectivity index (χ2v) is 8.46. The largest absolute Gasteiger partial charge is 0.495 e. The number of anilines is 1. The summed E-state index contributed by atoms with van der Waals surface area (Å²) in [5.41, 5.74) is 4.41. The predicted octanol–water partition coefficient (Wildman–Crippen LogP) is 5.18. The monoisotopic (exact) mass is 559 g/mol. The van der Waals surface area contributed by atoms with E-state index >= 15 is 0 Å². The zero-order valence-corrected chi connectivity index (χ0v) is 21.4. The Bertz CT molecular complexity index is 1220. The van der Waals surface area contributed by atoms with Crippen LogP contribution in [0.3, 0.4) is 0 Å². The van der Waals surface area contributed by atoms with E-state index in [4.69, 9.17) is 25.8 Å². The maximum atomic E-state index is 12.1. The molecule has 0 bridgehead atoms. The molecule has 0 saturated heterocycles. The first-order chi connectivity index (χ1) is 16.9. The minimum atomic E-state index is -0.567. The van der Waals surface area contributed by atoms with E-state index in [1.165, 1.54) is 20.4 Å². The van der Waals surface area contributed by atoms with Crippen LogP contribution in [0.25, 0.3) is 0 Å². The molecule has 35 heavy (non-hydrogen) atoms. The normalized spacial score (nSPS) is 10.6. The van der Waals surface area contributed by atoms with Crippen molar-refractivity contribution in [2.24, 2.45) is 5.10 Å². The van der Waals surface area contributed by atoms with Crippen LogP contribution in [-0.2, 0) is 16.2 Å². The lowest BCUT2D eigenvalue weighted by Crippen LogP contribution is -2.24. The number of carbonyl (C=O) groups excluding carboxylic acids is 2. The zero-order chi connectivity index (χ0) is 25.2. The first kappa shape index (κ1) is 26.1. The Hall–Kier alpha value is -3.56. The molecule has 2 N–H and O–H groups in total. The molecule has 2 amide bonds. The number of carbonyl (C=O) groups is 2. The number of nitrogens with zero attached hydrogens (tertiary/aromatic N) is 1. The summed E-state index contributed by atoms with van der Waals surface area (Å²) in [6.45, 7) is 0.326. The van der Waals surface area contributed by atoms with Crippen molar-refractivity contribution in [3.63, 3.8) is 0 Å². The molecule has 0 aliphatic carbocycles. The van der Waals surface area contributed by atoms with Gasteiger partial charge in [0.2, 0.25) is 11.8 Å². The van der Waals surface area contributed by atoms with E-state index in [0.717, 1.165) is 5.56 Å². The average Bonchev–Trinajstić information content (AvgIpc) is 2.84. The number of amides is 2. The van der Waals surface area contributed by atoms with Gasteiger partial charge in [0.15, 0.2) is 11.5 Å². The third-order valence-corrected chi connectivity index (χ3v) is 5.49. The molecular formula is C25H23BrClN3O5. The molecule has 0 saturated carbocycles. The molecule has 0 aliphatic rings. The molecule has 3 aromatic carbocycles. The standard InChI is InChI=1S/C25H23BrClN3O5/c1-33-21-6-4-3-5-20(21)29-23(31)13-24(32)30-28-14-17-11-19(26)25(22(12-17)34-2)35-15-16-7-9-18(27)10-8-16/h3-12,14H,13,15H2,1-2H3,(H,29,31)(H,30,32). The smallest absolute Gasteiger partial charge is 0.249 e. The average molecular weight is 561 g/mol. The third kappa shape index (κ3) is 7.73. The number of hydrazone groups is 1. The highest BCUT2D eigenvalue weighted by atomic mass is 79.9. The number of halogens is 2. The maximum absolute atomic E-state index is 12.1. The Balaban J connectivity index is 1.57. The van der Waals surface area contributed by atoms with Crippen LogP contribution in [0.5, 0.6) is 17.2 Å². The number of para-hydroxylation sites is 2. The summed E-state index contributed by atoms with van der Waals surface area (Å²) >= 11 is 9.40. The highest BCUT2D eigenvalue weighted by Crippen LogP contribution is 2.37. The van der Waals surface area contributed by atoms with Crippen LogP contribution in [0.15, 0.2) is 70.2 Å². The quantitative estimate of drug-likeness (QED) is 0.202. The van der Waals surface area contributed by atoms with Crippen molar-refractivity contribution >= 4 is 51.2 Å². The molecule has 10 heteroatoms. The Morgan fingerprint density at radius 3 is 2.43 bits per heavy atom. The Morgan fingerprint density at radius 2 is 1.71 bits per heavy atom. The summed E-state index contributed by atoms with van der Waals surface area (Å²) in [6, 6.07) is 17.7. The number of nitrogens with one attached hydrogen (secondary N) is 2. The molecule has 0 heterocycles. The molecule has 3 aromatic rings. The summed E-state index contributed by atoms with van der Waals surface area (Å²) in [6.07, 6.45) is 1.03. The summed E-state index contributed by atoms with van der Waals surface area (Å²) in [4.78, 5) is 24.2. The second kappa shape index (κ2) is 12.8. The first-order valence-corrected chi connectivity index (χ1v) is 11.6. The SMILES string of the molecule is COc1ccccc1NC(=O)CC(=O)NN=Cc1cc(Br)c(OCc2ccc(Cl)cc2)c(OC)c1. The highest BCUT2D eigenvalue weighted by molar-refractivity contribution is 9.10. The maximum Gasteiger partial charge on any atom is 0.249 e. The van der Waals surface area contributed by atoms with Crippen LogP contribution >= 0.6 is 27.5 Å². The highest BCUT2D eigenvalue weighted by Gasteiger charge is 2.13. The van der Waals surface area contributed by atoms with Crippen LogP contribution in [0.4, 0.5) is 5.69 Å². The van der Waals surface area contributed by atoms with Crippen LogP contribution < -0.4 is 25.0 Å². The van der Waals surface area contributed by atoms with Gasteiger partial charge in [-0.25, -0.2) is 5.43 Å². The van der Waals surface area contributed by atoms with E-state index in [0.29, 0.717) is 44.6 Å². The predicted molar refractivity (Wildman–Crippen MR) is 138 cm³/mol. The van der Waals surface area contributed by atoms with E-state index in [9.17, 15) is 9.59 Å². The van der Waals surface area contributed by atoms with Gasteiger partial charge in [0.25, 0.3) is 0 Å². The molecule has 0 spiro atoms. The molecule has 0 atom stereocenters. The van der Waals surface area contributed by atoms with Gasteiger partial charge in [-0.15, -0.1) is 0 Å². The van der Waals surface area contributed by atoms with Crippen LogP contribution in [0, 0.1) is 0 Å². The van der Waals surface area contributed by atoms with Crippen LogP contribution in [-0.4, -0.2) is 32.2 Å². The minimum Gasteiger partial charge on any atom is -0.495 e. The number of methoxy groups -OCH3 is 2. The van der Waals surface area contributed by atoms with Gasteiger partial charge in [-0.3, -0.25) is 9.59 Å². The van der Waals surface area contributed by atoms with Gasteiger partial charge in [-0.1, -0.05) is 35.9 Å². The van der Waals surface area contributed by atoms with Crippen LogP contribution in [0.2, 0.25) is 5.02 Å². The van der Waals surface area contributed by atoms with Crippen molar-refractivity contribution < 1.29 is 23.8 Å². The van der Waals surface area contributed by atoms with Gasteiger partial charge >= 0.3 is 0 Å². The lowest BCUT2D eigenvalue weighted by molar-refractivity contribution is -0.126. The summed E-state index contributed by atoms with van der Waals surface area (Å²) in [5.74, 6) is 0.449. The van der Waals surface area contributed by atoms with Crippen molar-refractivity contribution in [2.75, 3.05) is 19.5 Å². The van der Waals surface area contributed by atoms with Gasteiger partial charge in [-0.05, 0) is 63.5 Å². The fourth-order valence-corrected chi connectivity index (χ4v) is 3.70. The molecule has 3 rings (SSSR count). The summed E-state index contributed by atoms with van der Waals surface area (Å²) < 4.78 is 17.2. The molecule has 0 aromatic heterocycles. The zero-order valence-electron chi connectivity index (χ0n) is 19.0. The van der Waals surface area contributed by atoms with E-state index in [1.54, 1.807) is 48.5 Å². The Morgan fingerprint density at radius 1 is 1.00 bits per heavy atom. The van der Waals surface area contributed by atoms with Crippen molar-refractivity contribution in [1.82, 2.24) is 5.43 Å². The Kier molecular flexibility index (Phi) is 9.51. The topological polar surface area (TPSA) is 98.2 Å². The fourth-order valence-electron chi connectivity index (χ4n) is 3.00. The third-order valence-electron chi connectivity index (χ3n) is 4.65. The number of rotatable bonds is 10. The van der Waals surface area contributed by atoms with E-state index in [-0.39, 0.29) is 0 Å². The van der Waals surface area contributed by atoms with E-state index in [2.05, 4.69) is 31.8 Å². The molecular weight excluding hydrogens is 538 g/mol. The summed E-state index contributed by atoms with van der Waals surface area (Å²) in [5, 5.41) is 7.21. The Labute approximate surface area is 216 Å². The van der Waals surface area contributed by atoms with Crippen molar-refractivity contribution in [3.8, 4) is 17.2 Å². The lowest BCUT2D eigenvalue weighted by atomic mass is 10.2. The number of hydrogen-bond acceptors (Lipinski definition) is 6. The summed E-state index contributed by atoms with van der Waals surface area (Å²) in [7, 11) is 3.03. The van der Waals surface area contributed by atoms with Crippen LogP contribution in [0.1, 0.15) is 17.5 Å². The van der Waals surface area contributed by atoms with E-state index in [1.807, 2.05) is 12.1 Å². The minimum absolute atomic E-state index is 0.326. The molecule has 182 valence electrons. The number of ether oxygens (including phenoxy) is 3. The molecule has 0 fully saturated rings. The van der Waals surface area contributed by atoms with Crippen molar-refractivity contribution in [2.45, 2.75) is 13.0 Å². The lowest BCUT2D eigenvalue weighted by Gasteiger charge is -2.13. The molecule has 8 nitrogen and oxygen atoms in total. The second-order valence-electron chi connectivity index (χ2n) is 7.17. The van der Waals surface area contributed by atoms with Crippen molar-refractivity contribution in [3.05, 3.63) is 81.3 Å². The fraction of sp³-hybridized carbons (Fsp3) is 0.160. The van der Waals surface area contributed by atoms with E-state index < -0.39 is 18.2 Å². The molecule has 0 unspecified atom stereocenters. The van der Waals surface area contributed by atoms with Gasteiger partial charge in [0, 0.05) is 5.02 Å². The van der Waals surface area contributed by atoms with Gasteiger partial charge < -0.3 is 19.5 Å². The molecule has 0 radical (unpaired) electrons. The first-order valence-electron chi connectivity index (χ1n) is 10.4. The van der Waals surface area contributed by atoms with Gasteiger partial charge in [0.05, 0.1) is 30.6 Å². The molecule has 0 aliphatic heterocycles. The van der Waals surface area contributed by atoms with Crippen molar-refractivity contribution in [1.29, 1.82) is 0 Å². The number of hydrogen-bond donors (Lipinski definition) is 2. The van der Waals surface area contributed by atoms with Gasteiger partial charge in [-0.2, -0.15) is 5.10 Å². The van der Waals surface area contributed by atoms with Gasteiger partial charge in [0.1, 0.15) is 18.8 Å². The number of benzene rings is 3.